The number of aryl methyl sites for hydroxylation is 1. The molecule has 21 heavy (non-hydrogen) atoms. The van der Waals surface area contributed by atoms with Gasteiger partial charge in [0.25, 0.3) is 6.43 Å². The normalized spacial score (nSPS) is 10.9. The van der Waals surface area contributed by atoms with Crippen LogP contribution in [-0.4, -0.2) is 27.3 Å². The molecule has 0 aliphatic rings. The zero-order valence-electron chi connectivity index (χ0n) is 11.7. The van der Waals surface area contributed by atoms with Crippen LogP contribution in [0.4, 0.5) is 8.78 Å². The topological polar surface area (TPSA) is 57.0 Å². The van der Waals surface area contributed by atoms with Crippen LogP contribution in [0.1, 0.15) is 36.3 Å². The lowest BCUT2D eigenvalue weighted by molar-refractivity contribution is 0.0518. The third-order valence-electron chi connectivity index (χ3n) is 2.93. The predicted molar refractivity (Wildman–Crippen MR) is 72.0 cm³/mol. The van der Waals surface area contributed by atoms with Gasteiger partial charge in [0, 0.05) is 30.1 Å². The van der Waals surface area contributed by atoms with Gasteiger partial charge in [0.2, 0.25) is 0 Å². The first-order valence-electron chi connectivity index (χ1n) is 6.55. The van der Waals surface area contributed by atoms with Gasteiger partial charge in [0.15, 0.2) is 5.69 Å². The van der Waals surface area contributed by atoms with Crippen molar-refractivity contribution in [3.63, 3.8) is 0 Å². The van der Waals surface area contributed by atoms with E-state index in [-0.39, 0.29) is 23.4 Å². The van der Waals surface area contributed by atoms with Gasteiger partial charge in [-0.15, -0.1) is 0 Å². The Morgan fingerprint density at radius 2 is 2.19 bits per heavy atom. The number of hydrogen-bond donors (Lipinski definition) is 0. The van der Waals surface area contributed by atoms with Gasteiger partial charge in [0.1, 0.15) is 0 Å². The van der Waals surface area contributed by atoms with Crippen molar-refractivity contribution in [1.82, 2.24) is 14.8 Å². The standard InChI is InChI=1S/C14H15F2N3O2/c1-3-19-12(7-11(18-19)14(20)21-4-2)10-8-17-6-5-9(10)13(15)16/h5-8,13H,3-4H2,1-2H3. The molecule has 0 bridgehead atoms. The van der Waals surface area contributed by atoms with Gasteiger partial charge in [-0.3, -0.25) is 9.67 Å². The molecule has 2 aromatic heterocycles. The van der Waals surface area contributed by atoms with Crippen molar-refractivity contribution in [1.29, 1.82) is 0 Å². The highest BCUT2D eigenvalue weighted by atomic mass is 19.3. The maximum absolute atomic E-state index is 13.1. The first kappa shape index (κ1) is 15.1. The molecule has 0 unspecified atom stereocenters. The summed E-state index contributed by atoms with van der Waals surface area (Å²) in [6.45, 7) is 4.16. The predicted octanol–water partition coefficient (Wildman–Crippen LogP) is 3.08. The molecule has 0 spiro atoms. The van der Waals surface area contributed by atoms with Gasteiger partial charge in [-0.1, -0.05) is 0 Å². The van der Waals surface area contributed by atoms with E-state index in [9.17, 15) is 13.6 Å². The molecule has 0 aromatic carbocycles. The van der Waals surface area contributed by atoms with E-state index in [1.165, 1.54) is 29.2 Å². The fourth-order valence-corrected chi connectivity index (χ4v) is 1.99. The summed E-state index contributed by atoms with van der Waals surface area (Å²) >= 11 is 0. The summed E-state index contributed by atoms with van der Waals surface area (Å²) in [7, 11) is 0. The van der Waals surface area contributed by atoms with Gasteiger partial charge in [-0.05, 0) is 26.0 Å². The third-order valence-corrected chi connectivity index (χ3v) is 2.93. The second-order valence-corrected chi connectivity index (χ2v) is 4.21. The number of pyridine rings is 1. The van der Waals surface area contributed by atoms with Crippen molar-refractivity contribution in [3.8, 4) is 11.3 Å². The van der Waals surface area contributed by atoms with Crippen molar-refractivity contribution in [2.24, 2.45) is 0 Å². The summed E-state index contributed by atoms with van der Waals surface area (Å²) in [6, 6.07) is 2.71. The zero-order chi connectivity index (χ0) is 15.4. The van der Waals surface area contributed by atoms with Crippen molar-refractivity contribution in [3.05, 3.63) is 35.8 Å². The van der Waals surface area contributed by atoms with Crippen LogP contribution >= 0.6 is 0 Å². The maximum atomic E-state index is 13.1. The fraction of sp³-hybridized carbons (Fsp3) is 0.357. The smallest absolute Gasteiger partial charge is 0.358 e. The van der Waals surface area contributed by atoms with E-state index in [1.54, 1.807) is 6.92 Å². The molecule has 0 N–H and O–H groups in total. The Balaban J connectivity index is 2.51. The number of carbonyl (C=O) groups is 1. The molecule has 0 amide bonds. The van der Waals surface area contributed by atoms with Crippen LogP contribution in [0.15, 0.2) is 24.5 Å². The number of esters is 1. The molecule has 0 saturated heterocycles. The average Bonchev–Trinajstić information content (AvgIpc) is 2.91. The van der Waals surface area contributed by atoms with E-state index in [2.05, 4.69) is 10.1 Å². The SMILES string of the molecule is CCOC(=O)c1cc(-c2cnccc2C(F)F)n(CC)n1. The summed E-state index contributed by atoms with van der Waals surface area (Å²) in [4.78, 5) is 15.6. The van der Waals surface area contributed by atoms with Crippen LogP contribution in [0.25, 0.3) is 11.3 Å². The first-order valence-corrected chi connectivity index (χ1v) is 6.55. The van der Waals surface area contributed by atoms with Crippen LogP contribution < -0.4 is 0 Å². The molecule has 2 rings (SSSR count). The van der Waals surface area contributed by atoms with Gasteiger partial charge >= 0.3 is 5.97 Å². The Bertz CT molecular complexity index is 641. The largest absolute Gasteiger partial charge is 0.461 e. The van der Waals surface area contributed by atoms with E-state index in [0.717, 1.165) is 0 Å². The van der Waals surface area contributed by atoms with E-state index >= 15 is 0 Å². The van der Waals surface area contributed by atoms with Gasteiger partial charge in [0.05, 0.1) is 12.3 Å². The monoisotopic (exact) mass is 295 g/mol. The number of aromatic nitrogens is 3. The Kier molecular flexibility index (Phi) is 4.62. The van der Waals surface area contributed by atoms with Crippen molar-refractivity contribution < 1.29 is 18.3 Å². The van der Waals surface area contributed by atoms with Gasteiger partial charge in [-0.2, -0.15) is 5.10 Å². The summed E-state index contributed by atoms with van der Waals surface area (Å²) in [5.41, 5.74) is 0.633. The molecule has 0 fully saturated rings. The van der Waals surface area contributed by atoms with Gasteiger partial charge < -0.3 is 4.74 Å². The maximum Gasteiger partial charge on any atom is 0.358 e. The Labute approximate surface area is 120 Å². The van der Waals surface area contributed by atoms with E-state index in [0.29, 0.717) is 12.2 Å². The lowest BCUT2D eigenvalue weighted by atomic mass is 10.1. The number of ether oxygens (including phenoxy) is 1. The number of alkyl halides is 2. The molecule has 0 aliphatic carbocycles. The lowest BCUT2D eigenvalue weighted by Crippen LogP contribution is -2.07. The van der Waals surface area contributed by atoms with Gasteiger partial charge in [-0.25, -0.2) is 13.6 Å². The van der Waals surface area contributed by atoms with Crippen molar-refractivity contribution in [2.75, 3.05) is 6.61 Å². The fourth-order valence-electron chi connectivity index (χ4n) is 1.99. The lowest BCUT2D eigenvalue weighted by Gasteiger charge is -2.09. The molecule has 0 saturated carbocycles. The summed E-state index contributed by atoms with van der Waals surface area (Å²) in [6.07, 6.45) is 0.0259. The van der Waals surface area contributed by atoms with E-state index < -0.39 is 12.4 Å². The summed E-state index contributed by atoms with van der Waals surface area (Å²) in [5, 5.41) is 4.09. The molecule has 7 heteroatoms. The number of nitrogens with zero attached hydrogens (tertiary/aromatic N) is 3. The van der Waals surface area contributed by atoms with E-state index in [4.69, 9.17) is 4.74 Å². The van der Waals surface area contributed by atoms with Crippen LogP contribution in [0.5, 0.6) is 0 Å². The molecule has 2 aromatic rings. The quantitative estimate of drug-likeness (QED) is 0.795. The Hall–Kier alpha value is -2.31. The highest BCUT2D eigenvalue weighted by Crippen LogP contribution is 2.30. The van der Waals surface area contributed by atoms with E-state index in [1.807, 2.05) is 6.92 Å². The second kappa shape index (κ2) is 6.43. The van der Waals surface area contributed by atoms with Crippen LogP contribution in [0, 0.1) is 0 Å². The minimum absolute atomic E-state index is 0.0952. The molecular weight excluding hydrogens is 280 g/mol. The number of rotatable bonds is 5. The first-order chi connectivity index (χ1) is 10.1. The molecule has 0 atom stereocenters. The number of hydrogen-bond acceptors (Lipinski definition) is 4. The average molecular weight is 295 g/mol. The summed E-state index contributed by atoms with van der Waals surface area (Å²) in [5.74, 6) is -0.576. The molecule has 2 heterocycles. The number of halogens is 2. The minimum atomic E-state index is -2.63. The number of carbonyl (C=O) groups excluding carboxylic acids is 1. The second-order valence-electron chi connectivity index (χ2n) is 4.21. The summed E-state index contributed by atoms with van der Waals surface area (Å²) < 4.78 is 32.5. The van der Waals surface area contributed by atoms with Crippen LogP contribution in [0.2, 0.25) is 0 Å². The highest BCUT2D eigenvalue weighted by Gasteiger charge is 2.20. The third kappa shape index (κ3) is 3.07. The molecule has 112 valence electrons. The van der Waals surface area contributed by atoms with Crippen LogP contribution in [-0.2, 0) is 11.3 Å². The minimum Gasteiger partial charge on any atom is -0.461 e. The molecule has 0 aliphatic heterocycles. The van der Waals surface area contributed by atoms with Crippen LogP contribution in [0.3, 0.4) is 0 Å². The zero-order valence-corrected chi connectivity index (χ0v) is 11.7. The van der Waals surface area contributed by atoms with Crippen molar-refractivity contribution in [2.45, 2.75) is 26.8 Å². The Morgan fingerprint density at radius 3 is 2.81 bits per heavy atom. The molecular formula is C14H15F2N3O2. The highest BCUT2D eigenvalue weighted by molar-refractivity contribution is 5.88. The van der Waals surface area contributed by atoms with Crippen molar-refractivity contribution >= 4 is 5.97 Å². The molecule has 5 nitrogen and oxygen atoms in total. The Morgan fingerprint density at radius 1 is 1.43 bits per heavy atom. The molecule has 0 radical (unpaired) electrons.